The lowest BCUT2D eigenvalue weighted by molar-refractivity contribution is 0.0702. The Morgan fingerprint density at radius 2 is 2.04 bits per heavy atom. The first-order valence-electron chi connectivity index (χ1n) is 7.91. The zero-order valence-corrected chi connectivity index (χ0v) is 15.9. The summed E-state index contributed by atoms with van der Waals surface area (Å²) in [5.74, 6) is -1.04. The van der Waals surface area contributed by atoms with Crippen LogP contribution in [0, 0.1) is 5.82 Å². The van der Waals surface area contributed by atoms with Crippen LogP contribution in [0.25, 0.3) is 0 Å². The summed E-state index contributed by atoms with van der Waals surface area (Å²) in [5, 5.41) is 8.91. The van der Waals surface area contributed by atoms with E-state index in [1.54, 1.807) is 18.2 Å². The number of hydrogen-bond donors (Lipinski definition) is 1. The molecular weight excluding hydrogens is 381 g/mol. The monoisotopic (exact) mass is 401 g/mol. The van der Waals surface area contributed by atoms with Gasteiger partial charge in [0, 0.05) is 24.0 Å². The fraction of sp³-hybridized carbons (Fsp3) is 0.353. The molecule has 0 fully saturated rings. The van der Waals surface area contributed by atoms with Gasteiger partial charge in [0.2, 0.25) is 10.0 Å². The molecule has 0 saturated heterocycles. The molecule has 0 spiro atoms. The van der Waals surface area contributed by atoms with Crippen molar-refractivity contribution < 1.29 is 27.4 Å². The molecule has 1 aromatic carbocycles. The molecule has 0 aliphatic rings. The molecule has 0 radical (unpaired) electrons. The zero-order valence-electron chi connectivity index (χ0n) is 14.2. The smallest absolute Gasteiger partial charge is 0.345 e. The second-order valence-corrected chi connectivity index (χ2v) is 8.79. The van der Waals surface area contributed by atoms with Gasteiger partial charge in [0.05, 0.1) is 6.26 Å². The van der Waals surface area contributed by atoms with Gasteiger partial charge in [0.1, 0.15) is 23.1 Å². The fourth-order valence-electron chi connectivity index (χ4n) is 2.32. The minimum atomic E-state index is -3.40. The largest absolute Gasteiger partial charge is 0.492 e. The summed E-state index contributed by atoms with van der Waals surface area (Å²) in [6.45, 7) is 0.560. The van der Waals surface area contributed by atoms with Gasteiger partial charge < -0.3 is 9.84 Å². The van der Waals surface area contributed by atoms with Crippen molar-refractivity contribution in [3.63, 3.8) is 0 Å². The van der Waals surface area contributed by atoms with E-state index in [0.29, 0.717) is 25.1 Å². The first-order valence-corrected chi connectivity index (χ1v) is 10.6. The third-order valence-electron chi connectivity index (χ3n) is 3.58. The van der Waals surface area contributed by atoms with Crippen molar-refractivity contribution in [2.24, 2.45) is 0 Å². The van der Waals surface area contributed by atoms with E-state index >= 15 is 0 Å². The van der Waals surface area contributed by atoms with Crippen LogP contribution in [-0.2, 0) is 16.4 Å². The van der Waals surface area contributed by atoms with Crippen LogP contribution in [0.1, 0.15) is 21.0 Å². The van der Waals surface area contributed by atoms with Crippen LogP contribution in [-0.4, -0.2) is 49.8 Å². The SMILES string of the molecule is CS(=O)(=O)N(CCCc1ccc(C(=O)O)s1)CCOc1cccc(F)c1. The quantitative estimate of drug-likeness (QED) is 0.662. The van der Waals surface area contributed by atoms with Crippen molar-refractivity contribution in [1.82, 2.24) is 4.31 Å². The van der Waals surface area contributed by atoms with Crippen molar-refractivity contribution in [3.05, 3.63) is 52.0 Å². The summed E-state index contributed by atoms with van der Waals surface area (Å²) < 4.78 is 43.6. The molecule has 142 valence electrons. The van der Waals surface area contributed by atoms with E-state index < -0.39 is 21.8 Å². The van der Waals surface area contributed by atoms with Crippen molar-refractivity contribution in [3.8, 4) is 5.75 Å². The number of halogens is 1. The molecule has 9 heteroatoms. The second-order valence-electron chi connectivity index (χ2n) is 5.64. The maximum atomic E-state index is 13.1. The summed E-state index contributed by atoms with van der Waals surface area (Å²) >= 11 is 1.19. The number of sulfonamides is 1. The third-order valence-corrected chi connectivity index (χ3v) is 6.01. The van der Waals surface area contributed by atoms with Crippen LogP contribution in [0.5, 0.6) is 5.75 Å². The van der Waals surface area contributed by atoms with Crippen molar-refractivity contribution in [2.75, 3.05) is 26.0 Å². The molecular formula is C17H20FNO5S2. The topological polar surface area (TPSA) is 83.9 Å². The average Bonchev–Trinajstić information content (AvgIpc) is 3.02. The van der Waals surface area contributed by atoms with Crippen molar-refractivity contribution in [1.29, 1.82) is 0 Å². The first kappa shape index (κ1) is 20.3. The summed E-state index contributed by atoms with van der Waals surface area (Å²) in [6.07, 6.45) is 2.28. The van der Waals surface area contributed by atoms with Gasteiger partial charge in [-0.2, -0.15) is 4.31 Å². The van der Waals surface area contributed by atoms with Crippen LogP contribution < -0.4 is 4.74 Å². The molecule has 1 N–H and O–H groups in total. The molecule has 2 rings (SSSR count). The second kappa shape index (κ2) is 9.11. The molecule has 0 bridgehead atoms. The van der Waals surface area contributed by atoms with Gasteiger partial charge in [0.15, 0.2) is 0 Å². The third kappa shape index (κ3) is 6.40. The summed E-state index contributed by atoms with van der Waals surface area (Å²) in [4.78, 5) is 12.0. The number of aryl methyl sites for hydroxylation is 1. The summed E-state index contributed by atoms with van der Waals surface area (Å²) in [7, 11) is -3.40. The minimum Gasteiger partial charge on any atom is -0.492 e. The zero-order chi connectivity index (χ0) is 19.2. The molecule has 2 aromatic rings. The molecule has 0 unspecified atom stereocenters. The van der Waals surface area contributed by atoms with E-state index in [0.717, 1.165) is 11.1 Å². The molecule has 1 aromatic heterocycles. The Kier molecular flexibility index (Phi) is 7.13. The lowest BCUT2D eigenvalue weighted by Crippen LogP contribution is -2.34. The number of benzene rings is 1. The Morgan fingerprint density at radius 3 is 2.65 bits per heavy atom. The van der Waals surface area contributed by atoms with Gasteiger partial charge in [0.25, 0.3) is 0 Å². The Labute approximate surface area is 155 Å². The normalized spacial score (nSPS) is 11.7. The Hall–Kier alpha value is -1.97. The summed E-state index contributed by atoms with van der Waals surface area (Å²) in [6, 6.07) is 8.95. The lowest BCUT2D eigenvalue weighted by atomic mass is 10.2. The number of carbonyl (C=O) groups is 1. The molecule has 1 heterocycles. The minimum absolute atomic E-state index is 0.110. The average molecular weight is 401 g/mol. The van der Waals surface area contributed by atoms with E-state index in [4.69, 9.17) is 9.84 Å². The van der Waals surface area contributed by atoms with Gasteiger partial charge in [-0.05, 0) is 37.1 Å². The van der Waals surface area contributed by atoms with E-state index in [-0.39, 0.29) is 18.0 Å². The highest BCUT2D eigenvalue weighted by atomic mass is 32.2. The maximum absolute atomic E-state index is 13.1. The van der Waals surface area contributed by atoms with Gasteiger partial charge in [-0.3, -0.25) is 0 Å². The molecule has 0 aliphatic heterocycles. The summed E-state index contributed by atoms with van der Waals surface area (Å²) in [5.41, 5.74) is 0. The van der Waals surface area contributed by atoms with Crippen LogP contribution in [0.2, 0.25) is 0 Å². The van der Waals surface area contributed by atoms with Crippen LogP contribution in [0.15, 0.2) is 36.4 Å². The molecule has 26 heavy (non-hydrogen) atoms. The Balaban J connectivity index is 1.84. The Morgan fingerprint density at radius 1 is 1.27 bits per heavy atom. The number of carboxylic acids is 1. The highest BCUT2D eigenvalue weighted by molar-refractivity contribution is 7.88. The van der Waals surface area contributed by atoms with Crippen LogP contribution in [0.3, 0.4) is 0 Å². The van der Waals surface area contributed by atoms with Gasteiger partial charge in [-0.1, -0.05) is 6.07 Å². The lowest BCUT2D eigenvalue weighted by Gasteiger charge is -2.20. The molecule has 0 aliphatic carbocycles. The maximum Gasteiger partial charge on any atom is 0.345 e. The van der Waals surface area contributed by atoms with E-state index in [1.165, 1.54) is 33.8 Å². The number of ether oxygens (including phenoxy) is 1. The highest BCUT2D eigenvalue weighted by Crippen LogP contribution is 2.18. The first-order chi connectivity index (χ1) is 12.3. The number of carboxylic acid groups (broad SMARTS) is 1. The van der Waals surface area contributed by atoms with Crippen molar-refractivity contribution >= 4 is 27.3 Å². The van der Waals surface area contributed by atoms with E-state index in [1.807, 2.05) is 0 Å². The number of nitrogens with zero attached hydrogens (tertiary/aromatic N) is 1. The standard InChI is InChI=1S/C17H20FNO5S2/c1-26(22,23)19(10-11-24-14-5-2-4-13(18)12-14)9-3-6-15-7-8-16(25-15)17(20)21/h2,4-5,7-8,12H,3,6,9-11H2,1H3,(H,20,21). The van der Waals surface area contributed by atoms with Crippen LogP contribution in [0.4, 0.5) is 4.39 Å². The van der Waals surface area contributed by atoms with Gasteiger partial charge in [-0.25, -0.2) is 17.6 Å². The predicted molar refractivity (Wildman–Crippen MR) is 97.9 cm³/mol. The number of thiophene rings is 1. The van der Waals surface area contributed by atoms with Gasteiger partial charge in [-0.15, -0.1) is 11.3 Å². The predicted octanol–water partition coefficient (Wildman–Crippen LogP) is 2.86. The highest BCUT2D eigenvalue weighted by Gasteiger charge is 2.16. The molecule has 0 saturated carbocycles. The Bertz CT molecular complexity index is 850. The van der Waals surface area contributed by atoms with Crippen molar-refractivity contribution in [2.45, 2.75) is 12.8 Å². The molecule has 0 amide bonds. The fourth-order valence-corrected chi connectivity index (χ4v) is 4.08. The number of aromatic carboxylic acids is 1. The number of rotatable bonds is 10. The number of hydrogen-bond acceptors (Lipinski definition) is 5. The molecule has 0 atom stereocenters. The van der Waals surface area contributed by atoms with E-state index in [9.17, 15) is 17.6 Å². The van der Waals surface area contributed by atoms with Gasteiger partial charge >= 0.3 is 5.97 Å². The van der Waals surface area contributed by atoms with E-state index in [2.05, 4.69) is 0 Å². The molecule has 6 nitrogen and oxygen atoms in total. The van der Waals surface area contributed by atoms with Crippen LogP contribution >= 0.6 is 11.3 Å².